The van der Waals surface area contributed by atoms with Crippen LogP contribution in [-0.2, 0) is 11.2 Å². The zero-order chi connectivity index (χ0) is 14.3. The van der Waals surface area contributed by atoms with Crippen molar-refractivity contribution in [2.24, 2.45) is 0 Å². The minimum Gasteiger partial charge on any atom is -0.399 e. The third-order valence-corrected chi connectivity index (χ3v) is 4.07. The van der Waals surface area contributed by atoms with Gasteiger partial charge in [-0.2, -0.15) is 0 Å². The van der Waals surface area contributed by atoms with Crippen molar-refractivity contribution < 1.29 is 4.79 Å². The normalized spacial score (nSPS) is 19.8. The number of fused-ring (bicyclic) bond motifs is 1. The summed E-state index contributed by atoms with van der Waals surface area (Å²) in [6.45, 7) is 2.86. The molecule has 1 fully saturated rings. The maximum atomic E-state index is 11.7. The van der Waals surface area contributed by atoms with Crippen LogP contribution in [0.3, 0.4) is 0 Å². The Balaban J connectivity index is 2.07. The van der Waals surface area contributed by atoms with Gasteiger partial charge in [-0.3, -0.25) is 4.79 Å². The molecular weight excluding hydrogens is 252 g/mol. The van der Waals surface area contributed by atoms with E-state index in [2.05, 4.69) is 11.5 Å². The van der Waals surface area contributed by atoms with E-state index >= 15 is 0 Å². The van der Waals surface area contributed by atoms with E-state index in [1.54, 1.807) is 0 Å². The number of amides is 1. The highest BCUT2D eigenvalue weighted by atomic mass is 16.2. The molecule has 0 aliphatic carbocycles. The number of hydrogen-bond donors (Lipinski definition) is 1. The Labute approximate surface area is 118 Å². The number of likely N-dealkylation sites (tertiary alicyclic amines) is 1. The first-order valence-corrected chi connectivity index (χ1v) is 7.10. The number of carbonyl (C=O) groups excluding carboxylic acids is 1. The first kappa shape index (κ1) is 13.0. The number of hydrogen-bond acceptors (Lipinski definition) is 3. The molecule has 0 bridgehead atoms. The van der Waals surface area contributed by atoms with Crippen LogP contribution in [0.5, 0.6) is 0 Å². The van der Waals surface area contributed by atoms with Gasteiger partial charge in [-0.05, 0) is 24.6 Å². The number of piperidine rings is 1. The number of rotatable bonds is 2. The lowest BCUT2D eigenvalue weighted by Gasteiger charge is -2.31. The Kier molecular flexibility index (Phi) is 3.12. The molecule has 20 heavy (non-hydrogen) atoms. The van der Waals surface area contributed by atoms with E-state index in [4.69, 9.17) is 10.7 Å². The van der Waals surface area contributed by atoms with Gasteiger partial charge in [0.1, 0.15) is 5.82 Å². The Bertz CT molecular complexity index is 661. The van der Waals surface area contributed by atoms with E-state index in [1.807, 2.05) is 30.1 Å². The number of benzene rings is 1. The van der Waals surface area contributed by atoms with Gasteiger partial charge in [0.05, 0.1) is 17.1 Å². The number of nitrogens with zero attached hydrogens (tertiary/aromatic N) is 3. The molecule has 0 radical (unpaired) electrons. The van der Waals surface area contributed by atoms with E-state index in [0.29, 0.717) is 12.5 Å². The van der Waals surface area contributed by atoms with Crippen LogP contribution in [0.4, 0.5) is 5.69 Å². The molecule has 5 nitrogen and oxygen atoms in total. The van der Waals surface area contributed by atoms with Crippen molar-refractivity contribution in [2.75, 3.05) is 19.3 Å². The summed E-state index contributed by atoms with van der Waals surface area (Å²) in [5.41, 5.74) is 8.64. The summed E-state index contributed by atoms with van der Waals surface area (Å²) in [5.74, 6) is 1.30. The van der Waals surface area contributed by atoms with Crippen molar-refractivity contribution in [2.45, 2.75) is 32.2 Å². The fraction of sp³-hybridized carbons (Fsp3) is 0.467. The minimum atomic E-state index is 0.230. The van der Waals surface area contributed by atoms with Gasteiger partial charge in [0.2, 0.25) is 5.91 Å². The van der Waals surface area contributed by atoms with Crippen LogP contribution in [0, 0.1) is 0 Å². The predicted octanol–water partition coefficient (Wildman–Crippen LogP) is 1.97. The van der Waals surface area contributed by atoms with Crippen LogP contribution in [0.15, 0.2) is 18.2 Å². The van der Waals surface area contributed by atoms with Crippen LogP contribution in [0.2, 0.25) is 0 Å². The largest absolute Gasteiger partial charge is 0.399 e. The van der Waals surface area contributed by atoms with E-state index < -0.39 is 0 Å². The van der Waals surface area contributed by atoms with Crippen LogP contribution >= 0.6 is 0 Å². The average molecular weight is 272 g/mol. The molecule has 1 aliphatic heterocycles. The predicted molar refractivity (Wildman–Crippen MR) is 79.4 cm³/mol. The Morgan fingerprint density at radius 2 is 2.25 bits per heavy atom. The van der Waals surface area contributed by atoms with Crippen molar-refractivity contribution in [3.05, 3.63) is 24.0 Å². The van der Waals surface area contributed by atoms with E-state index in [9.17, 15) is 4.79 Å². The van der Waals surface area contributed by atoms with Crippen molar-refractivity contribution in [1.29, 1.82) is 0 Å². The number of aryl methyl sites for hydroxylation is 1. The molecule has 1 amide bonds. The lowest BCUT2D eigenvalue weighted by Crippen LogP contribution is -2.38. The summed E-state index contributed by atoms with van der Waals surface area (Å²) in [4.78, 5) is 18.2. The van der Waals surface area contributed by atoms with Gasteiger partial charge >= 0.3 is 0 Å². The van der Waals surface area contributed by atoms with Gasteiger partial charge in [-0.1, -0.05) is 6.92 Å². The molecule has 2 aromatic rings. The van der Waals surface area contributed by atoms with E-state index in [-0.39, 0.29) is 5.91 Å². The molecule has 106 valence electrons. The quantitative estimate of drug-likeness (QED) is 0.850. The van der Waals surface area contributed by atoms with Gasteiger partial charge in [0.25, 0.3) is 0 Å². The van der Waals surface area contributed by atoms with Gasteiger partial charge in [0.15, 0.2) is 0 Å². The molecule has 1 unspecified atom stereocenters. The molecule has 1 saturated heterocycles. The SMILES string of the molecule is CCc1nc2cc(N)ccc2n1C1CCC(=O)N(C)C1. The van der Waals surface area contributed by atoms with Gasteiger partial charge in [-0.25, -0.2) is 4.98 Å². The summed E-state index contributed by atoms with van der Waals surface area (Å²) in [6, 6.07) is 6.18. The number of carbonyl (C=O) groups is 1. The van der Waals surface area contributed by atoms with Gasteiger partial charge in [-0.15, -0.1) is 0 Å². The minimum absolute atomic E-state index is 0.230. The molecule has 1 atom stereocenters. The zero-order valence-corrected chi connectivity index (χ0v) is 12.0. The zero-order valence-electron chi connectivity index (χ0n) is 12.0. The number of likely N-dealkylation sites (N-methyl/N-ethyl adjacent to an activating group) is 1. The molecule has 1 aromatic heterocycles. The summed E-state index contributed by atoms with van der Waals surface area (Å²) in [7, 11) is 1.87. The highest BCUT2D eigenvalue weighted by molar-refractivity contribution is 5.80. The lowest BCUT2D eigenvalue weighted by molar-refractivity contribution is -0.132. The molecule has 2 heterocycles. The topological polar surface area (TPSA) is 64.1 Å². The van der Waals surface area contributed by atoms with Crippen molar-refractivity contribution in [3.63, 3.8) is 0 Å². The fourth-order valence-electron chi connectivity index (χ4n) is 3.02. The van der Waals surface area contributed by atoms with Gasteiger partial charge < -0.3 is 15.2 Å². The number of nitrogen functional groups attached to an aromatic ring is 1. The second-order valence-corrected chi connectivity index (χ2v) is 5.47. The molecular formula is C15H20N4O. The lowest BCUT2D eigenvalue weighted by atomic mass is 10.0. The van der Waals surface area contributed by atoms with Gasteiger partial charge in [0, 0.05) is 32.1 Å². The van der Waals surface area contributed by atoms with Crippen molar-refractivity contribution in [1.82, 2.24) is 14.5 Å². The number of imidazole rings is 1. The van der Waals surface area contributed by atoms with Crippen molar-refractivity contribution in [3.8, 4) is 0 Å². The highest BCUT2D eigenvalue weighted by Crippen LogP contribution is 2.29. The summed E-state index contributed by atoms with van der Waals surface area (Å²) in [5, 5.41) is 0. The summed E-state index contributed by atoms with van der Waals surface area (Å²) in [6.07, 6.45) is 2.37. The first-order chi connectivity index (χ1) is 9.60. The standard InChI is InChI=1S/C15H20N4O/c1-3-14-17-12-8-10(16)4-6-13(12)19(14)11-5-7-15(20)18(2)9-11/h4,6,8,11H,3,5,7,9,16H2,1-2H3. The average Bonchev–Trinajstić information content (AvgIpc) is 2.79. The maximum absolute atomic E-state index is 11.7. The van der Waals surface area contributed by atoms with E-state index in [0.717, 1.165) is 41.9 Å². The second-order valence-electron chi connectivity index (χ2n) is 5.47. The molecule has 0 spiro atoms. The monoisotopic (exact) mass is 272 g/mol. The fourth-order valence-corrected chi connectivity index (χ4v) is 3.02. The molecule has 2 N–H and O–H groups in total. The maximum Gasteiger partial charge on any atom is 0.222 e. The molecule has 3 rings (SSSR count). The number of anilines is 1. The summed E-state index contributed by atoms with van der Waals surface area (Å²) >= 11 is 0. The first-order valence-electron chi connectivity index (χ1n) is 7.10. The molecule has 5 heteroatoms. The second kappa shape index (κ2) is 4.81. The number of nitrogens with two attached hydrogens (primary N) is 1. The third-order valence-electron chi connectivity index (χ3n) is 4.07. The smallest absolute Gasteiger partial charge is 0.222 e. The van der Waals surface area contributed by atoms with Crippen LogP contribution in [0.25, 0.3) is 11.0 Å². The Hall–Kier alpha value is -2.04. The Morgan fingerprint density at radius 3 is 2.95 bits per heavy atom. The van der Waals surface area contributed by atoms with Crippen molar-refractivity contribution >= 4 is 22.6 Å². The van der Waals surface area contributed by atoms with E-state index in [1.165, 1.54) is 0 Å². The molecule has 1 aromatic carbocycles. The van der Waals surface area contributed by atoms with Crippen LogP contribution < -0.4 is 5.73 Å². The molecule has 1 aliphatic rings. The number of aromatic nitrogens is 2. The van der Waals surface area contributed by atoms with Crippen LogP contribution in [-0.4, -0.2) is 34.0 Å². The summed E-state index contributed by atoms with van der Waals surface area (Å²) < 4.78 is 2.29. The van der Waals surface area contributed by atoms with Crippen LogP contribution in [0.1, 0.15) is 31.6 Å². The third kappa shape index (κ3) is 2.03. The highest BCUT2D eigenvalue weighted by Gasteiger charge is 2.26. The Morgan fingerprint density at radius 1 is 1.45 bits per heavy atom. The molecule has 0 saturated carbocycles.